The van der Waals surface area contributed by atoms with E-state index in [-0.39, 0.29) is 6.04 Å². The molecular weight excluding hydrogens is 214 g/mol. The molecule has 1 aliphatic heterocycles. The fraction of sp³-hybridized carbons (Fsp3) is 0.556. The number of H-pyrrole nitrogens is 1. The predicted octanol–water partition coefficient (Wildman–Crippen LogP) is -0.00290. The minimum absolute atomic E-state index is 0.0740. The molecule has 0 aliphatic carbocycles. The van der Waals surface area contributed by atoms with Gasteiger partial charge in [0.15, 0.2) is 0 Å². The smallest absolute Gasteiger partial charge is 0.244 e. The fourth-order valence-electron chi connectivity index (χ4n) is 1.78. The van der Waals surface area contributed by atoms with Crippen LogP contribution in [0.4, 0.5) is 0 Å². The quantitative estimate of drug-likeness (QED) is 0.766. The zero-order chi connectivity index (χ0) is 10.9. The standard InChI is InChI=1S/C9H15N3O2S/c1-12(8-2-4-10-6-8)15(13,14)9-3-5-11-7-9/h3,5,7-8,10-11H,2,4,6H2,1H3. The summed E-state index contributed by atoms with van der Waals surface area (Å²) in [5.74, 6) is 0. The Morgan fingerprint density at radius 1 is 1.53 bits per heavy atom. The first-order chi connectivity index (χ1) is 7.12. The molecule has 1 atom stereocenters. The van der Waals surface area contributed by atoms with Crippen LogP contribution < -0.4 is 5.32 Å². The number of aromatic nitrogens is 1. The molecule has 0 spiro atoms. The number of aromatic amines is 1. The summed E-state index contributed by atoms with van der Waals surface area (Å²) in [7, 11) is -1.68. The van der Waals surface area contributed by atoms with Crippen molar-refractivity contribution in [1.82, 2.24) is 14.6 Å². The van der Waals surface area contributed by atoms with Gasteiger partial charge in [-0.15, -0.1) is 0 Å². The number of nitrogens with one attached hydrogen (secondary N) is 2. The van der Waals surface area contributed by atoms with Gasteiger partial charge in [0, 0.05) is 32.0 Å². The summed E-state index contributed by atoms with van der Waals surface area (Å²) in [5.41, 5.74) is 0. The Balaban J connectivity index is 2.22. The lowest BCUT2D eigenvalue weighted by molar-refractivity contribution is 0.388. The fourth-order valence-corrected chi connectivity index (χ4v) is 3.14. The zero-order valence-electron chi connectivity index (χ0n) is 8.60. The number of hydrogen-bond acceptors (Lipinski definition) is 3. The first kappa shape index (κ1) is 10.7. The lowest BCUT2D eigenvalue weighted by Crippen LogP contribution is -2.38. The van der Waals surface area contributed by atoms with E-state index >= 15 is 0 Å². The van der Waals surface area contributed by atoms with E-state index in [0.29, 0.717) is 4.90 Å². The number of nitrogens with zero attached hydrogens (tertiary/aromatic N) is 1. The lowest BCUT2D eigenvalue weighted by Gasteiger charge is -2.22. The van der Waals surface area contributed by atoms with Crippen molar-refractivity contribution in [3.05, 3.63) is 18.5 Å². The van der Waals surface area contributed by atoms with Crippen LogP contribution in [-0.2, 0) is 10.0 Å². The molecule has 2 rings (SSSR count). The molecule has 15 heavy (non-hydrogen) atoms. The average Bonchev–Trinajstić information content (AvgIpc) is 2.89. The van der Waals surface area contributed by atoms with Crippen LogP contribution in [-0.4, -0.2) is 43.9 Å². The highest BCUT2D eigenvalue weighted by molar-refractivity contribution is 7.89. The molecule has 1 saturated heterocycles. The molecule has 1 unspecified atom stereocenters. The number of sulfonamides is 1. The first-order valence-electron chi connectivity index (χ1n) is 4.94. The van der Waals surface area contributed by atoms with Gasteiger partial charge in [-0.25, -0.2) is 8.42 Å². The van der Waals surface area contributed by atoms with E-state index in [2.05, 4.69) is 10.3 Å². The third kappa shape index (κ3) is 1.92. The molecule has 0 bridgehead atoms. The Kier molecular flexibility index (Phi) is 2.81. The van der Waals surface area contributed by atoms with Crippen LogP contribution in [0.15, 0.2) is 23.4 Å². The topological polar surface area (TPSA) is 65.2 Å². The van der Waals surface area contributed by atoms with Crippen LogP contribution >= 0.6 is 0 Å². The molecular formula is C9H15N3O2S. The van der Waals surface area contributed by atoms with Crippen LogP contribution in [0.1, 0.15) is 6.42 Å². The van der Waals surface area contributed by atoms with E-state index in [1.54, 1.807) is 19.3 Å². The van der Waals surface area contributed by atoms with Gasteiger partial charge in [0.2, 0.25) is 10.0 Å². The van der Waals surface area contributed by atoms with Crippen molar-refractivity contribution < 1.29 is 8.42 Å². The van der Waals surface area contributed by atoms with E-state index in [1.165, 1.54) is 10.5 Å². The molecule has 0 aromatic carbocycles. The Morgan fingerprint density at radius 3 is 2.87 bits per heavy atom. The van der Waals surface area contributed by atoms with Crippen molar-refractivity contribution in [2.45, 2.75) is 17.4 Å². The molecule has 1 fully saturated rings. The Bertz CT molecular complexity index is 407. The van der Waals surface area contributed by atoms with Gasteiger partial charge >= 0.3 is 0 Å². The molecule has 0 saturated carbocycles. The van der Waals surface area contributed by atoms with Gasteiger partial charge in [-0.2, -0.15) is 4.31 Å². The van der Waals surface area contributed by atoms with Gasteiger partial charge in [0.1, 0.15) is 0 Å². The highest BCUT2D eigenvalue weighted by Crippen LogP contribution is 2.18. The second-order valence-electron chi connectivity index (χ2n) is 3.71. The molecule has 84 valence electrons. The van der Waals surface area contributed by atoms with E-state index < -0.39 is 10.0 Å². The van der Waals surface area contributed by atoms with Gasteiger partial charge in [0.05, 0.1) is 4.90 Å². The van der Waals surface area contributed by atoms with Crippen LogP contribution in [0, 0.1) is 0 Å². The summed E-state index contributed by atoms with van der Waals surface area (Å²) in [6, 6.07) is 1.65. The molecule has 2 N–H and O–H groups in total. The van der Waals surface area contributed by atoms with Gasteiger partial charge in [0.25, 0.3) is 0 Å². The third-order valence-electron chi connectivity index (χ3n) is 2.79. The molecule has 6 heteroatoms. The van der Waals surface area contributed by atoms with Crippen molar-refractivity contribution >= 4 is 10.0 Å². The van der Waals surface area contributed by atoms with Crippen LogP contribution in [0.25, 0.3) is 0 Å². The predicted molar refractivity (Wildman–Crippen MR) is 57.0 cm³/mol. The van der Waals surface area contributed by atoms with Crippen molar-refractivity contribution in [3.8, 4) is 0 Å². The average molecular weight is 229 g/mol. The van der Waals surface area contributed by atoms with E-state index in [1.807, 2.05) is 0 Å². The van der Waals surface area contributed by atoms with E-state index in [4.69, 9.17) is 0 Å². The Morgan fingerprint density at radius 2 is 2.33 bits per heavy atom. The highest BCUT2D eigenvalue weighted by Gasteiger charge is 2.29. The van der Waals surface area contributed by atoms with Crippen LogP contribution in [0.2, 0.25) is 0 Å². The zero-order valence-corrected chi connectivity index (χ0v) is 9.42. The highest BCUT2D eigenvalue weighted by atomic mass is 32.2. The summed E-state index contributed by atoms with van der Waals surface area (Å²) < 4.78 is 25.6. The normalized spacial score (nSPS) is 22.4. The van der Waals surface area contributed by atoms with Crippen molar-refractivity contribution in [3.63, 3.8) is 0 Å². The van der Waals surface area contributed by atoms with Crippen molar-refractivity contribution in [1.29, 1.82) is 0 Å². The summed E-state index contributed by atoms with van der Waals surface area (Å²) in [5, 5.41) is 3.16. The van der Waals surface area contributed by atoms with Gasteiger partial charge in [-0.1, -0.05) is 0 Å². The van der Waals surface area contributed by atoms with E-state index in [0.717, 1.165) is 19.5 Å². The molecule has 1 aromatic heterocycles. The molecule has 5 nitrogen and oxygen atoms in total. The van der Waals surface area contributed by atoms with Crippen LogP contribution in [0.3, 0.4) is 0 Å². The summed E-state index contributed by atoms with van der Waals surface area (Å²) >= 11 is 0. The number of rotatable bonds is 3. The van der Waals surface area contributed by atoms with E-state index in [9.17, 15) is 8.42 Å². The van der Waals surface area contributed by atoms with Gasteiger partial charge in [-0.05, 0) is 19.0 Å². The molecule has 1 aromatic rings. The van der Waals surface area contributed by atoms with Gasteiger partial charge in [-0.3, -0.25) is 0 Å². The largest absolute Gasteiger partial charge is 0.366 e. The maximum absolute atomic E-state index is 12.1. The molecule has 2 heterocycles. The second-order valence-corrected chi connectivity index (χ2v) is 5.71. The lowest BCUT2D eigenvalue weighted by atomic mass is 10.3. The van der Waals surface area contributed by atoms with Crippen molar-refractivity contribution in [2.24, 2.45) is 0 Å². The summed E-state index contributed by atoms with van der Waals surface area (Å²) in [4.78, 5) is 3.09. The minimum Gasteiger partial charge on any atom is -0.366 e. The molecule has 0 radical (unpaired) electrons. The summed E-state index contributed by atoms with van der Waals surface area (Å²) in [6.45, 7) is 1.62. The number of hydrogen-bond donors (Lipinski definition) is 2. The number of likely N-dealkylation sites (N-methyl/N-ethyl adjacent to an activating group) is 1. The van der Waals surface area contributed by atoms with Gasteiger partial charge < -0.3 is 10.3 Å². The molecule has 1 aliphatic rings. The minimum atomic E-state index is -3.32. The maximum Gasteiger partial charge on any atom is 0.244 e. The Hall–Kier alpha value is -0.850. The first-order valence-corrected chi connectivity index (χ1v) is 6.38. The maximum atomic E-state index is 12.1. The van der Waals surface area contributed by atoms with Crippen LogP contribution in [0.5, 0.6) is 0 Å². The third-order valence-corrected chi connectivity index (χ3v) is 4.70. The monoisotopic (exact) mass is 229 g/mol. The van der Waals surface area contributed by atoms with Crippen molar-refractivity contribution in [2.75, 3.05) is 20.1 Å². The summed E-state index contributed by atoms with van der Waals surface area (Å²) in [6.07, 6.45) is 4.00. The second kappa shape index (κ2) is 3.96. The Labute approximate surface area is 89.5 Å². The SMILES string of the molecule is CN(C1CCNC1)S(=O)(=O)c1cc[nH]c1. The molecule has 0 amide bonds.